The lowest BCUT2D eigenvalue weighted by atomic mass is 10.1. The summed E-state index contributed by atoms with van der Waals surface area (Å²) in [5.41, 5.74) is 1.50. The Morgan fingerprint density at radius 2 is 2.24 bits per heavy atom. The number of para-hydroxylation sites is 1. The highest BCUT2D eigenvalue weighted by molar-refractivity contribution is 5.98. The fourth-order valence-electron chi connectivity index (χ4n) is 2.89. The van der Waals surface area contributed by atoms with Gasteiger partial charge in [0.05, 0.1) is 23.9 Å². The highest BCUT2D eigenvalue weighted by Crippen LogP contribution is 2.23. The number of carbonyl (C=O) groups is 1. The van der Waals surface area contributed by atoms with E-state index in [4.69, 9.17) is 4.74 Å². The number of aromatic nitrogens is 2. The van der Waals surface area contributed by atoms with E-state index in [9.17, 15) is 4.79 Å². The first-order chi connectivity index (χ1) is 10.3. The third-order valence-electron chi connectivity index (χ3n) is 3.88. The molecule has 3 rings (SSSR count). The van der Waals surface area contributed by atoms with Gasteiger partial charge >= 0.3 is 0 Å². The summed E-state index contributed by atoms with van der Waals surface area (Å²) >= 11 is 0. The van der Waals surface area contributed by atoms with Gasteiger partial charge in [-0.2, -0.15) is 5.10 Å². The molecule has 1 saturated heterocycles. The van der Waals surface area contributed by atoms with E-state index in [1.54, 1.807) is 18.0 Å². The van der Waals surface area contributed by atoms with Crippen molar-refractivity contribution in [3.05, 3.63) is 48.3 Å². The van der Waals surface area contributed by atoms with E-state index in [1.807, 2.05) is 41.4 Å². The van der Waals surface area contributed by atoms with Crippen LogP contribution in [0.4, 0.5) is 0 Å². The molecule has 21 heavy (non-hydrogen) atoms. The molecule has 5 heteroatoms. The summed E-state index contributed by atoms with van der Waals surface area (Å²) in [6, 6.07) is 9.62. The minimum atomic E-state index is 0.0562. The van der Waals surface area contributed by atoms with Gasteiger partial charge in [0.2, 0.25) is 0 Å². The largest absolute Gasteiger partial charge is 0.383 e. The van der Waals surface area contributed by atoms with Crippen LogP contribution >= 0.6 is 0 Å². The topological polar surface area (TPSA) is 47.4 Å². The highest BCUT2D eigenvalue weighted by Gasteiger charge is 2.30. The first kappa shape index (κ1) is 13.8. The number of ether oxygens (including phenoxy) is 1. The summed E-state index contributed by atoms with van der Waals surface area (Å²) in [4.78, 5) is 14.8. The number of hydrogen-bond acceptors (Lipinski definition) is 3. The van der Waals surface area contributed by atoms with Crippen LogP contribution in [-0.4, -0.2) is 46.9 Å². The second kappa shape index (κ2) is 6.10. The Hall–Kier alpha value is -2.14. The van der Waals surface area contributed by atoms with E-state index >= 15 is 0 Å². The summed E-state index contributed by atoms with van der Waals surface area (Å²) in [5, 5.41) is 4.23. The quantitative estimate of drug-likeness (QED) is 0.864. The second-order valence-corrected chi connectivity index (χ2v) is 5.22. The smallest absolute Gasteiger partial charge is 0.256 e. The Balaban J connectivity index is 1.92. The molecule has 1 aliphatic heterocycles. The van der Waals surface area contributed by atoms with E-state index < -0.39 is 0 Å². The predicted octanol–water partition coefficient (Wildman–Crippen LogP) is 2.12. The number of nitrogens with zero attached hydrogens (tertiary/aromatic N) is 3. The number of rotatable bonds is 4. The molecule has 0 aliphatic carbocycles. The van der Waals surface area contributed by atoms with E-state index in [1.165, 1.54) is 0 Å². The van der Waals surface area contributed by atoms with Crippen LogP contribution in [0.2, 0.25) is 0 Å². The van der Waals surface area contributed by atoms with Gasteiger partial charge in [-0.05, 0) is 31.0 Å². The Kier molecular flexibility index (Phi) is 4.01. The average molecular weight is 285 g/mol. The van der Waals surface area contributed by atoms with Gasteiger partial charge in [-0.1, -0.05) is 12.1 Å². The second-order valence-electron chi connectivity index (χ2n) is 5.22. The molecule has 1 aromatic heterocycles. The van der Waals surface area contributed by atoms with E-state index in [0.29, 0.717) is 12.2 Å². The molecule has 2 heterocycles. The minimum Gasteiger partial charge on any atom is -0.383 e. The van der Waals surface area contributed by atoms with Crippen molar-refractivity contribution in [2.75, 3.05) is 20.3 Å². The molecular weight excluding hydrogens is 266 g/mol. The lowest BCUT2D eigenvalue weighted by Gasteiger charge is -2.25. The molecule has 1 amide bonds. The maximum absolute atomic E-state index is 12.9. The molecule has 0 spiro atoms. The monoisotopic (exact) mass is 285 g/mol. The highest BCUT2D eigenvalue weighted by atomic mass is 16.5. The molecule has 0 unspecified atom stereocenters. The number of likely N-dealkylation sites (tertiary alicyclic amines) is 1. The summed E-state index contributed by atoms with van der Waals surface area (Å²) in [5.74, 6) is 0.0562. The van der Waals surface area contributed by atoms with Gasteiger partial charge in [-0.15, -0.1) is 0 Å². The average Bonchev–Trinajstić information content (AvgIpc) is 3.18. The van der Waals surface area contributed by atoms with E-state index in [-0.39, 0.29) is 11.9 Å². The van der Waals surface area contributed by atoms with Crippen LogP contribution in [0.1, 0.15) is 23.2 Å². The summed E-state index contributed by atoms with van der Waals surface area (Å²) in [6.45, 7) is 1.38. The Labute approximate surface area is 124 Å². The van der Waals surface area contributed by atoms with Crippen molar-refractivity contribution in [2.24, 2.45) is 0 Å². The van der Waals surface area contributed by atoms with Gasteiger partial charge < -0.3 is 9.64 Å². The molecular formula is C16H19N3O2. The Bertz CT molecular complexity index is 610. The van der Waals surface area contributed by atoms with Crippen LogP contribution in [-0.2, 0) is 4.74 Å². The standard InChI is InChI=1S/C16H19N3O2/c1-21-12-13-6-4-10-18(13)16(20)14-7-2-3-8-15(14)19-11-5-9-17-19/h2-3,5,7-9,11,13H,4,6,10,12H2,1H3/t13-/m1/s1. The van der Waals surface area contributed by atoms with Gasteiger partial charge in [0.25, 0.3) is 5.91 Å². The lowest BCUT2D eigenvalue weighted by molar-refractivity contribution is 0.0630. The summed E-state index contributed by atoms with van der Waals surface area (Å²) in [6.07, 6.45) is 5.60. The Morgan fingerprint density at radius 1 is 1.38 bits per heavy atom. The summed E-state index contributed by atoms with van der Waals surface area (Å²) < 4.78 is 6.96. The van der Waals surface area contributed by atoms with Crippen LogP contribution in [0, 0.1) is 0 Å². The fraction of sp³-hybridized carbons (Fsp3) is 0.375. The van der Waals surface area contributed by atoms with Crippen molar-refractivity contribution in [2.45, 2.75) is 18.9 Å². The zero-order valence-electron chi connectivity index (χ0n) is 12.1. The molecule has 0 radical (unpaired) electrons. The SMILES string of the molecule is COC[C@H]1CCCN1C(=O)c1ccccc1-n1cccn1. The van der Waals surface area contributed by atoms with Gasteiger partial charge in [-0.25, -0.2) is 4.68 Å². The number of amides is 1. The first-order valence-electron chi connectivity index (χ1n) is 7.20. The third-order valence-corrected chi connectivity index (χ3v) is 3.88. The molecule has 0 saturated carbocycles. The predicted molar refractivity (Wildman–Crippen MR) is 79.5 cm³/mol. The third kappa shape index (κ3) is 2.69. The molecule has 110 valence electrons. The first-order valence-corrected chi connectivity index (χ1v) is 7.20. The summed E-state index contributed by atoms with van der Waals surface area (Å²) in [7, 11) is 1.68. The molecule has 2 aromatic rings. The van der Waals surface area contributed by atoms with Crippen LogP contribution in [0.3, 0.4) is 0 Å². The molecule has 1 aromatic carbocycles. The normalized spacial score (nSPS) is 18.1. The fourth-order valence-corrected chi connectivity index (χ4v) is 2.89. The van der Waals surface area contributed by atoms with E-state index in [2.05, 4.69) is 5.10 Å². The minimum absolute atomic E-state index is 0.0562. The van der Waals surface area contributed by atoms with Crippen LogP contribution in [0.25, 0.3) is 5.69 Å². The molecule has 1 atom stereocenters. The molecule has 0 N–H and O–H groups in total. The van der Waals surface area contributed by atoms with Crippen molar-refractivity contribution < 1.29 is 9.53 Å². The number of methoxy groups -OCH3 is 1. The molecule has 1 aliphatic rings. The maximum atomic E-state index is 12.9. The van der Waals surface area contributed by atoms with Crippen molar-refractivity contribution in [3.63, 3.8) is 0 Å². The van der Waals surface area contributed by atoms with Gasteiger partial charge in [0.15, 0.2) is 0 Å². The Morgan fingerprint density at radius 3 is 3.00 bits per heavy atom. The van der Waals surface area contributed by atoms with Crippen LogP contribution < -0.4 is 0 Å². The molecule has 1 fully saturated rings. The molecule has 5 nitrogen and oxygen atoms in total. The van der Waals surface area contributed by atoms with Crippen LogP contribution in [0.5, 0.6) is 0 Å². The van der Waals surface area contributed by atoms with Gasteiger partial charge in [-0.3, -0.25) is 4.79 Å². The molecule has 0 bridgehead atoms. The zero-order chi connectivity index (χ0) is 14.7. The van der Waals surface area contributed by atoms with Crippen molar-refractivity contribution >= 4 is 5.91 Å². The number of hydrogen-bond donors (Lipinski definition) is 0. The zero-order valence-corrected chi connectivity index (χ0v) is 12.1. The lowest BCUT2D eigenvalue weighted by Crippen LogP contribution is -2.38. The maximum Gasteiger partial charge on any atom is 0.256 e. The van der Waals surface area contributed by atoms with Crippen molar-refractivity contribution in [1.29, 1.82) is 0 Å². The van der Waals surface area contributed by atoms with Crippen molar-refractivity contribution in [1.82, 2.24) is 14.7 Å². The van der Waals surface area contributed by atoms with E-state index in [0.717, 1.165) is 25.1 Å². The number of benzene rings is 1. The number of carbonyl (C=O) groups excluding carboxylic acids is 1. The van der Waals surface area contributed by atoms with Gasteiger partial charge in [0, 0.05) is 26.0 Å². The van der Waals surface area contributed by atoms with Crippen molar-refractivity contribution in [3.8, 4) is 5.69 Å². The van der Waals surface area contributed by atoms with Gasteiger partial charge in [0.1, 0.15) is 0 Å². The van der Waals surface area contributed by atoms with Crippen LogP contribution in [0.15, 0.2) is 42.7 Å².